The van der Waals surface area contributed by atoms with Crippen LogP contribution in [-0.4, -0.2) is 9.85 Å². The maximum absolute atomic E-state index is 10.5. The lowest BCUT2D eigenvalue weighted by atomic mass is 10.3. The number of nitrogens with one attached hydrogen (secondary N) is 1. The second kappa shape index (κ2) is 6.53. The molecule has 9 heteroatoms. The van der Waals surface area contributed by atoms with Gasteiger partial charge in [-0.05, 0) is 24.3 Å². The first-order valence-corrected chi connectivity index (χ1v) is 6.56. The van der Waals surface area contributed by atoms with Gasteiger partial charge in [0.25, 0.3) is 11.4 Å². The van der Waals surface area contributed by atoms with Gasteiger partial charge in [0.2, 0.25) is 0 Å². The SMILES string of the molecule is O=[N+]([O-])c1ccc(N=PNc2ccc([N+](=O)[O-])cc2)cc1. The Morgan fingerprint density at radius 2 is 1.33 bits per heavy atom. The molecule has 0 saturated carbocycles. The molecule has 2 aromatic carbocycles. The maximum atomic E-state index is 10.5. The van der Waals surface area contributed by atoms with Gasteiger partial charge in [-0.1, -0.05) is 0 Å². The number of non-ortho nitro benzene ring substituents is 2. The van der Waals surface area contributed by atoms with Crippen LogP contribution in [0.2, 0.25) is 0 Å². The second-order valence-corrected chi connectivity index (χ2v) is 4.51. The summed E-state index contributed by atoms with van der Waals surface area (Å²) in [6, 6.07) is 11.8. The van der Waals surface area contributed by atoms with Crippen LogP contribution in [0.5, 0.6) is 0 Å². The zero-order chi connectivity index (χ0) is 15.2. The Hall–Kier alpha value is -2.86. The molecule has 0 fully saturated rings. The van der Waals surface area contributed by atoms with Crippen molar-refractivity contribution >= 4 is 31.3 Å². The monoisotopic (exact) mass is 304 g/mol. The molecular formula is C12H9N4O4P. The van der Waals surface area contributed by atoms with Crippen molar-refractivity contribution in [3.8, 4) is 0 Å². The number of nitrogens with zero attached hydrogens (tertiary/aromatic N) is 3. The molecule has 0 aliphatic rings. The standard InChI is InChI=1S/C12H9N4O4P/c17-15(18)11-5-1-9(2-6-11)13-21-14-10-3-7-12(8-4-10)16(19)20/h1-8H,(H,13,14). The molecule has 1 N–H and O–H groups in total. The molecule has 0 atom stereocenters. The van der Waals surface area contributed by atoms with Crippen molar-refractivity contribution in [2.24, 2.45) is 4.74 Å². The van der Waals surface area contributed by atoms with Gasteiger partial charge in [0.05, 0.1) is 15.5 Å². The first-order chi connectivity index (χ1) is 10.1. The maximum Gasteiger partial charge on any atom is 0.269 e. The number of anilines is 1. The molecule has 0 aromatic heterocycles. The molecule has 0 amide bonds. The molecular weight excluding hydrogens is 295 g/mol. The summed E-state index contributed by atoms with van der Waals surface area (Å²) in [5.41, 5.74) is 1.31. The largest absolute Gasteiger partial charge is 0.323 e. The smallest absolute Gasteiger partial charge is 0.269 e. The zero-order valence-corrected chi connectivity index (χ0v) is 11.4. The first kappa shape index (κ1) is 14.5. The van der Waals surface area contributed by atoms with E-state index in [1.165, 1.54) is 24.3 Å². The summed E-state index contributed by atoms with van der Waals surface area (Å²) in [4.78, 5) is 20.1. The van der Waals surface area contributed by atoms with Crippen molar-refractivity contribution < 1.29 is 9.85 Å². The molecule has 0 radical (unpaired) electrons. The molecule has 8 nitrogen and oxygen atoms in total. The Morgan fingerprint density at radius 3 is 1.81 bits per heavy atom. The van der Waals surface area contributed by atoms with Crippen LogP contribution in [0.15, 0.2) is 53.3 Å². The summed E-state index contributed by atoms with van der Waals surface area (Å²) in [5.74, 6) is 0. The Kier molecular flexibility index (Phi) is 4.53. The second-order valence-electron chi connectivity index (χ2n) is 3.89. The average Bonchev–Trinajstić information content (AvgIpc) is 2.48. The zero-order valence-electron chi connectivity index (χ0n) is 10.5. The number of hydrogen-bond acceptors (Lipinski definition) is 5. The van der Waals surface area contributed by atoms with Crippen LogP contribution in [0.1, 0.15) is 0 Å². The number of nitro benzene ring substituents is 2. The van der Waals surface area contributed by atoms with Crippen molar-refractivity contribution in [3.05, 3.63) is 68.8 Å². The summed E-state index contributed by atoms with van der Waals surface area (Å²) in [7, 11) is 0.514. The molecule has 0 spiro atoms. The van der Waals surface area contributed by atoms with Crippen LogP contribution in [0.3, 0.4) is 0 Å². The summed E-state index contributed by atoms with van der Waals surface area (Å²) in [6.07, 6.45) is 0. The van der Waals surface area contributed by atoms with E-state index in [0.29, 0.717) is 19.9 Å². The molecule has 0 bridgehead atoms. The molecule has 21 heavy (non-hydrogen) atoms. The van der Waals surface area contributed by atoms with Gasteiger partial charge in [0, 0.05) is 30.0 Å². The van der Waals surface area contributed by atoms with Crippen molar-refractivity contribution in [2.45, 2.75) is 0 Å². The predicted molar refractivity (Wildman–Crippen MR) is 78.8 cm³/mol. The van der Waals surface area contributed by atoms with Crippen LogP contribution in [0.25, 0.3) is 0 Å². The molecule has 2 rings (SSSR count). The molecule has 2 aromatic rings. The lowest BCUT2D eigenvalue weighted by molar-refractivity contribution is -0.385. The van der Waals surface area contributed by atoms with Crippen LogP contribution < -0.4 is 5.09 Å². The highest BCUT2D eigenvalue weighted by molar-refractivity contribution is 7.29. The third-order valence-corrected chi connectivity index (χ3v) is 3.17. The van der Waals surface area contributed by atoms with Crippen molar-refractivity contribution in [1.82, 2.24) is 0 Å². The highest BCUT2D eigenvalue weighted by Crippen LogP contribution is 2.23. The van der Waals surface area contributed by atoms with Crippen LogP contribution in [-0.2, 0) is 0 Å². The van der Waals surface area contributed by atoms with E-state index in [1.807, 2.05) is 0 Å². The lowest BCUT2D eigenvalue weighted by Gasteiger charge is -1.98. The van der Waals surface area contributed by atoms with E-state index >= 15 is 0 Å². The summed E-state index contributed by atoms with van der Waals surface area (Å²) in [6.45, 7) is 0. The summed E-state index contributed by atoms with van der Waals surface area (Å²) in [5, 5.41) is 23.9. The van der Waals surface area contributed by atoms with E-state index in [1.54, 1.807) is 24.3 Å². The Bertz CT molecular complexity index is 685. The van der Waals surface area contributed by atoms with Crippen LogP contribution in [0, 0.1) is 20.2 Å². The van der Waals surface area contributed by atoms with Crippen LogP contribution >= 0.6 is 8.52 Å². The highest BCUT2D eigenvalue weighted by atomic mass is 31.1. The third-order valence-electron chi connectivity index (χ3n) is 2.48. The van der Waals surface area contributed by atoms with Gasteiger partial charge in [-0.25, -0.2) is 4.74 Å². The van der Waals surface area contributed by atoms with Gasteiger partial charge in [-0.15, -0.1) is 0 Å². The summed E-state index contributed by atoms with van der Waals surface area (Å²) >= 11 is 0. The molecule has 0 aliphatic heterocycles. The van der Waals surface area contributed by atoms with E-state index in [2.05, 4.69) is 9.83 Å². The molecule has 0 unspecified atom stereocenters. The lowest BCUT2D eigenvalue weighted by Crippen LogP contribution is -1.87. The first-order valence-electron chi connectivity index (χ1n) is 5.72. The van der Waals surface area contributed by atoms with E-state index in [4.69, 9.17) is 0 Å². The Balaban J connectivity index is 1.98. The van der Waals surface area contributed by atoms with Crippen molar-refractivity contribution in [3.63, 3.8) is 0 Å². The fraction of sp³-hybridized carbons (Fsp3) is 0. The fourth-order valence-corrected chi connectivity index (χ4v) is 2.00. The van der Waals surface area contributed by atoms with Gasteiger partial charge < -0.3 is 5.09 Å². The third kappa shape index (κ3) is 4.05. The molecule has 0 aliphatic carbocycles. The topological polar surface area (TPSA) is 111 Å². The van der Waals surface area contributed by atoms with Gasteiger partial charge in [-0.2, -0.15) is 0 Å². The highest BCUT2D eigenvalue weighted by Gasteiger charge is 2.04. The molecule has 0 saturated heterocycles. The number of hydrogen-bond donors (Lipinski definition) is 1. The van der Waals surface area contributed by atoms with Gasteiger partial charge in [0.1, 0.15) is 8.52 Å². The van der Waals surface area contributed by atoms with Crippen molar-refractivity contribution in [2.75, 3.05) is 5.09 Å². The molecule has 106 valence electrons. The Labute approximate surface area is 120 Å². The minimum Gasteiger partial charge on any atom is -0.323 e. The van der Waals surface area contributed by atoms with Crippen molar-refractivity contribution in [1.29, 1.82) is 0 Å². The summed E-state index contributed by atoms with van der Waals surface area (Å²) < 4.78 is 4.16. The van der Waals surface area contributed by atoms with Gasteiger partial charge >= 0.3 is 0 Å². The fourth-order valence-electron chi connectivity index (χ4n) is 1.44. The van der Waals surface area contributed by atoms with E-state index < -0.39 is 9.85 Å². The molecule has 0 heterocycles. The van der Waals surface area contributed by atoms with Crippen LogP contribution in [0.4, 0.5) is 22.7 Å². The minimum absolute atomic E-state index is 0.00828. The average molecular weight is 304 g/mol. The number of benzene rings is 2. The van der Waals surface area contributed by atoms with E-state index in [9.17, 15) is 20.2 Å². The number of nitro groups is 2. The normalized spacial score (nSPS) is 10.5. The number of rotatable bonds is 5. The predicted octanol–water partition coefficient (Wildman–Crippen LogP) is 4.29. The van der Waals surface area contributed by atoms with E-state index in [0.717, 1.165) is 0 Å². The minimum atomic E-state index is -0.476. The van der Waals surface area contributed by atoms with Gasteiger partial charge in [-0.3, -0.25) is 20.2 Å². The van der Waals surface area contributed by atoms with E-state index in [-0.39, 0.29) is 11.4 Å². The Morgan fingerprint density at radius 1 is 0.857 bits per heavy atom. The van der Waals surface area contributed by atoms with Gasteiger partial charge in [0.15, 0.2) is 0 Å². The quantitative estimate of drug-likeness (QED) is 0.503.